The van der Waals surface area contributed by atoms with Crippen LogP contribution in [0.15, 0.2) is 9.21 Å². The van der Waals surface area contributed by atoms with Gasteiger partial charge in [-0.2, -0.15) is 5.10 Å². The lowest BCUT2D eigenvalue weighted by atomic mass is 10.2. The third kappa shape index (κ3) is 3.20. The Balaban J connectivity index is 1.79. The molecule has 2 N–H and O–H groups in total. The maximum atomic E-state index is 12.4. The first-order valence-electron chi connectivity index (χ1n) is 8.01. The molecule has 2 atom stereocenters. The van der Waals surface area contributed by atoms with E-state index in [-0.39, 0.29) is 36.1 Å². The van der Waals surface area contributed by atoms with Crippen LogP contribution in [0.1, 0.15) is 25.3 Å². The number of H-pyrrole nitrogens is 1. The Morgan fingerprint density at radius 2 is 1.96 bits per heavy atom. The summed E-state index contributed by atoms with van der Waals surface area (Å²) in [6, 6.07) is 0. The van der Waals surface area contributed by atoms with Crippen LogP contribution in [-0.2, 0) is 9.53 Å². The summed E-state index contributed by atoms with van der Waals surface area (Å²) < 4.78 is 11.3. The first kappa shape index (κ1) is 16.7. The molecule has 0 bridgehead atoms. The molecule has 0 aliphatic carbocycles. The van der Waals surface area contributed by atoms with Gasteiger partial charge in [-0.1, -0.05) is 0 Å². The van der Waals surface area contributed by atoms with Gasteiger partial charge in [0.1, 0.15) is 11.1 Å². The number of nitrogens with one attached hydrogen (secondary N) is 2. The van der Waals surface area contributed by atoms with Crippen LogP contribution in [0.5, 0.6) is 0 Å². The van der Waals surface area contributed by atoms with E-state index in [1.807, 2.05) is 18.7 Å². The average molecular weight is 334 g/mol. The number of nitrogens with zero attached hydrogens (tertiary/aromatic N) is 2. The van der Waals surface area contributed by atoms with Crippen LogP contribution in [0.25, 0.3) is 10.8 Å². The summed E-state index contributed by atoms with van der Waals surface area (Å²) in [5.41, 5.74) is 0.276. The van der Waals surface area contributed by atoms with Crippen molar-refractivity contribution in [1.82, 2.24) is 15.1 Å². The Morgan fingerprint density at radius 3 is 2.62 bits per heavy atom. The predicted octanol–water partition coefficient (Wildman–Crippen LogP) is 1.18. The van der Waals surface area contributed by atoms with Crippen molar-refractivity contribution in [1.29, 1.82) is 0 Å². The summed E-state index contributed by atoms with van der Waals surface area (Å²) in [6.07, 6.45) is 0.176. The number of anilines is 1. The lowest BCUT2D eigenvalue weighted by Crippen LogP contribution is -2.48. The number of aromatic amines is 1. The molecule has 0 saturated carbocycles. The van der Waals surface area contributed by atoms with E-state index >= 15 is 0 Å². The number of amides is 1. The number of hydrogen-bond donors (Lipinski definition) is 2. The van der Waals surface area contributed by atoms with E-state index < -0.39 is 0 Å². The summed E-state index contributed by atoms with van der Waals surface area (Å²) in [7, 11) is 0. The van der Waals surface area contributed by atoms with Gasteiger partial charge in [-0.05, 0) is 27.7 Å². The molecule has 1 amide bonds. The molecule has 0 spiro atoms. The molecule has 24 heavy (non-hydrogen) atoms. The second-order valence-electron chi connectivity index (χ2n) is 6.38. The van der Waals surface area contributed by atoms with E-state index in [4.69, 9.17) is 9.15 Å². The summed E-state index contributed by atoms with van der Waals surface area (Å²) in [5.74, 6) is 0.513. The molecule has 2 aromatic rings. The number of morpholine rings is 1. The van der Waals surface area contributed by atoms with E-state index in [1.54, 1.807) is 13.8 Å². The van der Waals surface area contributed by atoms with E-state index in [0.717, 1.165) is 0 Å². The summed E-state index contributed by atoms with van der Waals surface area (Å²) in [6.45, 7) is 9.11. The van der Waals surface area contributed by atoms with Crippen LogP contribution in [0.2, 0.25) is 0 Å². The fourth-order valence-electron chi connectivity index (χ4n) is 3.31. The van der Waals surface area contributed by atoms with Gasteiger partial charge in [-0.25, -0.2) is 5.10 Å². The topological polar surface area (TPSA) is 100 Å². The Bertz CT molecular complexity index is 815. The molecule has 8 nitrogen and oxygen atoms in total. The molecule has 1 fully saturated rings. The molecular weight excluding hydrogens is 312 g/mol. The van der Waals surface area contributed by atoms with Gasteiger partial charge in [0.05, 0.1) is 29.8 Å². The minimum atomic E-state index is -0.378. The van der Waals surface area contributed by atoms with Gasteiger partial charge in [0.2, 0.25) is 11.8 Å². The van der Waals surface area contributed by atoms with Gasteiger partial charge < -0.3 is 9.15 Å². The van der Waals surface area contributed by atoms with Crippen LogP contribution in [-0.4, -0.2) is 52.8 Å². The molecular formula is C16H22N4O4. The smallest absolute Gasteiger partial charge is 0.277 e. The number of ether oxygens (including phenoxy) is 1. The highest BCUT2D eigenvalue weighted by molar-refractivity contribution is 6.01. The monoisotopic (exact) mass is 334 g/mol. The van der Waals surface area contributed by atoms with Crippen molar-refractivity contribution in [3.63, 3.8) is 0 Å². The highest BCUT2D eigenvalue weighted by atomic mass is 16.5. The minimum Gasteiger partial charge on any atom is -0.444 e. The van der Waals surface area contributed by atoms with Crippen LogP contribution >= 0.6 is 0 Å². The van der Waals surface area contributed by atoms with Crippen LogP contribution < -0.4 is 10.9 Å². The third-order valence-corrected chi connectivity index (χ3v) is 4.11. The van der Waals surface area contributed by atoms with Crippen molar-refractivity contribution in [3.8, 4) is 0 Å². The lowest BCUT2D eigenvalue weighted by molar-refractivity contribution is -0.121. The predicted molar refractivity (Wildman–Crippen MR) is 89.2 cm³/mol. The molecule has 0 aromatic carbocycles. The van der Waals surface area contributed by atoms with Crippen molar-refractivity contribution < 1.29 is 13.9 Å². The molecule has 2 aromatic heterocycles. The highest BCUT2D eigenvalue weighted by Gasteiger charge is 2.25. The number of furan rings is 1. The lowest BCUT2D eigenvalue weighted by Gasteiger charge is -2.34. The Morgan fingerprint density at radius 1 is 1.29 bits per heavy atom. The van der Waals surface area contributed by atoms with Gasteiger partial charge >= 0.3 is 0 Å². The molecule has 1 saturated heterocycles. The Hall–Kier alpha value is -2.19. The molecule has 130 valence electrons. The standard InChI is InChI=1S/C16H22N4O4/c1-8-5-20(6-9(2)23-8)7-12(21)17-16-14-13(11(4)24-16)10(3)18-19-15(14)22/h8-9H,5-7H2,1-4H3,(H,17,21)(H,19,22)/t8-,9-/m1/s1. The molecule has 3 heterocycles. The molecule has 3 rings (SSSR count). The number of aryl methyl sites for hydroxylation is 2. The van der Waals surface area contributed by atoms with Crippen molar-refractivity contribution >= 4 is 22.6 Å². The maximum absolute atomic E-state index is 12.4. The number of carbonyl (C=O) groups is 1. The van der Waals surface area contributed by atoms with Crippen molar-refractivity contribution in [2.75, 3.05) is 25.0 Å². The van der Waals surface area contributed by atoms with Crippen LogP contribution in [0.3, 0.4) is 0 Å². The van der Waals surface area contributed by atoms with E-state index in [9.17, 15) is 9.59 Å². The van der Waals surface area contributed by atoms with Crippen molar-refractivity contribution in [2.24, 2.45) is 0 Å². The molecule has 1 aliphatic rings. The van der Waals surface area contributed by atoms with Gasteiger partial charge in [-0.15, -0.1) is 0 Å². The largest absolute Gasteiger partial charge is 0.444 e. The molecule has 8 heteroatoms. The highest BCUT2D eigenvalue weighted by Crippen LogP contribution is 2.28. The number of aromatic nitrogens is 2. The zero-order valence-electron chi connectivity index (χ0n) is 14.3. The quantitative estimate of drug-likeness (QED) is 0.874. The number of hydrogen-bond acceptors (Lipinski definition) is 6. The number of rotatable bonds is 3. The SMILES string of the molecule is Cc1n[nH]c(=O)c2c(NC(=O)CN3C[C@@H](C)O[C@H](C)C3)oc(C)c12. The van der Waals surface area contributed by atoms with Gasteiger partial charge in [0.15, 0.2) is 0 Å². The van der Waals surface area contributed by atoms with Gasteiger partial charge in [0, 0.05) is 13.1 Å². The van der Waals surface area contributed by atoms with Crippen LogP contribution in [0, 0.1) is 13.8 Å². The van der Waals surface area contributed by atoms with Crippen LogP contribution in [0.4, 0.5) is 5.88 Å². The summed E-state index contributed by atoms with van der Waals surface area (Å²) in [4.78, 5) is 26.5. The average Bonchev–Trinajstić information content (AvgIpc) is 2.79. The second kappa shape index (κ2) is 6.37. The second-order valence-corrected chi connectivity index (χ2v) is 6.38. The zero-order valence-corrected chi connectivity index (χ0v) is 14.3. The Labute approximate surface area is 139 Å². The third-order valence-electron chi connectivity index (χ3n) is 4.11. The first-order chi connectivity index (χ1) is 11.3. The van der Waals surface area contributed by atoms with Gasteiger partial charge in [0.25, 0.3) is 5.56 Å². The van der Waals surface area contributed by atoms with E-state index in [1.165, 1.54) is 0 Å². The first-order valence-corrected chi connectivity index (χ1v) is 8.01. The maximum Gasteiger partial charge on any atom is 0.277 e. The van der Waals surface area contributed by atoms with Crippen molar-refractivity contribution in [3.05, 3.63) is 21.8 Å². The zero-order chi connectivity index (χ0) is 17.4. The fourth-order valence-corrected chi connectivity index (χ4v) is 3.31. The minimum absolute atomic E-state index is 0.0878. The molecule has 0 unspecified atom stereocenters. The van der Waals surface area contributed by atoms with Crippen molar-refractivity contribution in [2.45, 2.75) is 39.9 Å². The van der Waals surface area contributed by atoms with E-state index in [2.05, 4.69) is 15.5 Å². The Kier molecular flexibility index (Phi) is 4.42. The summed E-state index contributed by atoms with van der Waals surface area (Å²) >= 11 is 0. The normalized spacial score (nSPS) is 22.0. The molecule has 1 aliphatic heterocycles. The number of carbonyl (C=O) groups excluding carboxylic acids is 1. The molecule has 0 radical (unpaired) electrons. The van der Waals surface area contributed by atoms with Gasteiger partial charge in [-0.3, -0.25) is 19.8 Å². The number of fused-ring (bicyclic) bond motifs is 1. The summed E-state index contributed by atoms with van der Waals surface area (Å²) in [5, 5.41) is 10.0. The fraction of sp³-hybridized carbons (Fsp3) is 0.562. The van der Waals surface area contributed by atoms with E-state index in [0.29, 0.717) is 35.3 Å².